The third-order valence-corrected chi connectivity index (χ3v) is 2.50. The normalized spacial score (nSPS) is 20.3. The van der Waals surface area contributed by atoms with Crippen molar-refractivity contribution in [2.45, 2.75) is 25.4 Å². The molecule has 0 aliphatic carbocycles. The molecular formula is C8H15ClN6O. The van der Waals surface area contributed by atoms with E-state index in [4.69, 9.17) is 5.73 Å². The van der Waals surface area contributed by atoms with Crippen LogP contribution in [0.5, 0.6) is 0 Å². The van der Waals surface area contributed by atoms with Gasteiger partial charge in [0.1, 0.15) is 12.9 Å². The van der Waals surface area contributed by atoms with Gasteiger partial charge in [-0.25, -0.2) is 4.68 Å². The third kappa shape index (κ3) is 3.14. The Morgan fingerprint density at radius 3 is 3.00 bits per heavy atom. The molecule has 1 fully saturated rings. The van der Waals surface area contributed by atoms with E-state index in [9.17, 15) is 4.79 Å². The van der Waals surface area contributed by atoms with Crippen LogP contribution in [0.4, 0.5) is 0 Å². The lowest BCUT2D eigenvalue weighted by Gasteiger charge is -2.30. The number of tetrazole rings is 1. The fraction of sp³-hybridized carbons (Fsp3) is 0.750. The van der Waals surface area contributed by atoms with Gasteiger partial charge in [0.05, 0.1) is 0 Å². The number of halogens is 1. The SMILES string of the molecule is Cl.N[C@@H]1CCCN(C(=O)Cn2cnnn2)C1. The standard InChI is InChI=1S/C8H14N6O.ClH/c9-7-2-1-3-13(4-7)8(15)5-14-6-10-11-12-14;/h6-7H,1-5,9H2;1H/t7-;/m1./s1. The summed E-state index contributed by atoms with van der Waals surface area (Å²) < 4.78 is 1.42. The van der Waals surface area contributed by atoms with Gasteiger partial charge in [-0.3, -0.25) is 4.79 Å². The molecule has 0 aromatic carbocycles. The van der Waals surface area contributed by atoms with E-state index in [1.54, 1.807) is 4.90 Å². The number of nitrogens with zero attached hydrogens (tertiary/aromatic N) is 5. The van der Waals surface area contributed by atoms with E-state index < -0.39 is 0 Å². The molecule has 0 unspecified atom stereocenters. The lowest BCUT2D eigenvalue weighted by atomic mass is 10.1. The van der Waals surface area contributed by atoms with Gasteiger partial charge >= 0.3 is 0 Å². The number of carbonyl (C=O) groups is 1. The second kappa shape index (κ2) is 5.76. The molecule has 16 heavy (non-hydrogen) atoms. The van der Waals surface area contributed by atoms with E-state index in [0.717, 1.165) is 19.4 Å². The van der Waals surface area contributed by atoms with Gasteiger partial charge in [0.25, 0.3) is 0 Å². The van der Waals surface area contributed by atoms with Crippen LogP contribution in [0.2, 0.25) is 0 Å². The zero-order valence-electron chi connectivity index (χ0n) is 8.82. The number of amides is 1. The number of rotatable bonds is 2. The van der Waals surface area contributed by atoms with Crippen molar-refractivity contribution in [1.29, 1.82) is 0 Å². The predicted octanol–water partition coefficient (Wildman–Crippen LogP) is -0.955. The van der Waals surface area contributed by atoms with Crippen LogP contribution in [0.3, 0.4) is 0 Å². The third-order valence-electron chi connectivity index (χ3n) is 2.50. The molecule has 0 saturated carbocycles. The molecule has 1 aromatic rings. The second-order valence-corrected chi connectivity index (χ2v) is 3.75. The molecule has 2 heterocycles. The molecule has 0 radical (unpaired) electrons. The van der Waals surface area contributed by atoms with Gasteiger partial charge < -0.3 is 10.6 Å². The van der Waals surface area contributed by atoms with E-state index >= 15 is 0 Å². The zero-order valence-corrected chi connectivity index (χ0v) is 9.64. The molecule has 1 amide bonds. The molecule has 0 bridgehead atoms. The Morgan fingerprint density at radius 1 is 1.56 bits per heavy atom. The summed E-state index contributed by atoms with van der Waals surface area (Å²) in [6.07, 6.45) is 3.40. The van der Waals surface area contributed by atoms with Crippen molar-refractivity contribution in [3.63, 3.8) is 0 Å². The van der Waals surface area contributed by atoms with Gasteiger partial charge in [0.15, 0.2) is 0 Å². The van der Waals surface area contributed by atoms with E-state index in [0.29, 0.717) is 6.54 Å². The maximum absolute atomic E-state index is 11.8. The first kappa shape index (κ1) is 12.9. The Bertz CT molecular complexity index is 329. The Morgan fingerprint density at radius 2 is 2.38 bits per heavy atom. The lowest BCUT2D eigenvalue weighted by molar-refractivity contribution is -0.133. The van der Waals surface area contributed by atoms with Crippen molar-refractivity contribution in [3.05, 3.63) is 6.33 Å². The Balaban J connectivity index is 0.00000128. The molecule has 1 aromatic heterocycles. The van der Waals surface area contributed by atoms with Crippen LogP contribution in [0, 0.1) is 0 Å². The average molecular weight is 247 g/mol. The van der Waals surface area contributed by atoms with Crippen molar-refractivity contribution in [2.24, 2.45) is 5.73 Å². The van der Waals surface area contributed by atoms with Crippen LogP contribution in [-0.2, 0) is 11.3 Å². The van der Waals surface area contributed by atoms with Crippen molar-refractivity contribution in [2.75, 3.05) is 13.1 Å². The van der Waals surface area contributed by atoms with Gasteiger partial charge in [0, 0.05) is 19.1 Å². The van der Waals surface area contributed by atoms with Crippen LogP contribution in [0.15, 0.2) is 6.33 Å². The summed E-state index contributed by atoms with van der Waals surface area (Å²) in [7, 11) is 0. The number of piperidine rings is 1. The highest BCUT2D eigenvalue weighted by molar-refractivity contribution is 5.85. The first-order chi connectivity index (χ1) is 7.25. The maximum Gasteiger partial charge on any atom is 0.244 e. The van der Waals surface area contributed by atoms with Gasteiger partial charge in [-0.05, 0) is 23.3 Å². The zero-order chi connectivity index (χ0) is 10.7. The molecular weight excluding hydrogens is 232 g/mol. The van der Waals surface area contributed by atoms with E-state index in [-0.39, 0.29) is 30.9 Å². The molecule has 2 N–H and O–H groups in total. The van der Waals surface area contributed by atoms with Gasteiger partial charge in [-0.15, -0.1) is 17.5 Å². The van der Waals surface area contributed by atoms with Gasteiger partial charge in [-0.2, -0.15) is 0 Å². The highest BCUT2D eigenvalue weighted by atomic mass is 35.5. The maximum atomic E-state index is 11.8. The van der Waals surface area contributed by atoms with Crippen molar-refractivity contribution in [1.82, 2.24) is 25.1 Å². The number of hydrogen-bond acceptors (Lipinski definition) is 5. The Kier molecular flexibility index (Phi) is 4.63. The Hall–Kier alpha value is -1.21. The summed E-state index contributed by atoms with van der Waals surface area (Å²) in [5.74, 6) is 0.0254. The summed E-state index contributed by atoms with van der Waals surface area (Å²) in [6.45, 7) is 1.62. The first-order valence-electron chi connectivity index (χ1n) is 5.00. The minimum absolute atomic E-state index is 0. The fourth-order valence-electron chi connectivity index (χ4n) is 1.73. The summed E-state index contributed by atoms with van der Waals surface area (Å²) in [5, 5.41) is 10.6. The van der Waals surface area contributed by atoms with Crippen LogP contribution >= 0.6 is 12.4 Å². The highest BCUT2D eigenvalue weighted by Crippen LogP contribution is 2.08. The molecule has 7 nitrogen and oxygen atoms in total. The minimum Gasteiger partial charge on any atom is -0.340 e. The molecule has 0 spiro atoms. The van der Waals surface area contributed by atoms with E-state index in [1.165, 1.54) is 11.0 Å². The molecule has 1 atom stereocenters. The minimum atomic E-state index is 0. The van der Waals surface area contributed by atoms with Crippen LogP contribution in [0.25, 0.3) is 0 Å². The average Bonchev–Trinajstić information content (AvgIpc) is 2.70. The Labute approximate surface area is 99.4 Å². The van der Waals surface area contributed by atoms with Gasteiger partial charge in [0.2, 0.25) is 5.91 Å². The number of nitrogens with two attached hydrogens (primary N) is 1. The second-order valence-electron chi connectivity index (χ2n) is 3.75. The van der Waals surface area contributed by atoms with Crippen LogP contribution < -0.4 is 5.73 Å². The topological polar surface area (TPSA) is 89.9 Å². The fourth-order valence-corrected chi connectivity index (χ4v) is 1.73. The summed E-state index contributed by atoms with van der Waals surface area (Å²) in [6, 6.07) is 0.108. The van der Waals surface area contributed by atoms with E-state index in [2.05, 4.69) is 15.5 Å². The number of hydrogen-bond donors (Lipinski definition) is 1. The highest BCUT2D eigenvalue weighted by Gasteiger charge is 2.21. The van der Waals surface area contributed by atoms with Crippen LogP contribution in [0.1, 0.15) is 12.8 Å². The summed E-state index contributed by atoms with van der Waals surface area (Å²) in [5.41, 5.74) is 5.80. The lowest BCUT2D eigenvalue weighted by Crippen LogP contribution is -2.46. The predicted molar refractivity (Wildman–Crippen MR) is 58.9 cm³/mol. The first-order valence-corrected chi connectivity index (χ1v) is 5.00. The van der Waals surface area contributed by atoms with Crippen molar-refractivity contribution in [3.8, 4) is 0 Å². The molecule has 1 aliphatic heterocycles. The van der Waals surface area contributed by atoms with E-state index in [1.807, 2.05) is 0 Å². The van der Waals surface area contributed by atoms with Crippen molar-refractivity contribution < 1.29 is 4.79 Å². The molecule has 90 valence electrons. The largest absolute Gasteiger partial charge is 0.340 e. The number of aromatic nitrogens is 4. The molecule has 1 aliphatic rings. The number of likely N-dealkylation sites (tertiary alicyclic amines) is 1. The van der Waals surface area contributed by atoms with Gasteiger partial charge in [-0.1, -0.05) is 0 Å². The molecule has 2 rings (SSSR count). The smallest absolute Gasteiger partial charge is 0.244 e. The van der Waals surface area contributed by atoms with Crippen LogP contribution in [-0.4, -0.2) is 50.1 Å². The monoisotopic (exact) mass is 246 g/mol. The molecule has 1 saturated heterocycles. The van der Waals surface area contributed by atoms with Crippen molar-refractivity contribution >= 4 is 18.3 Å². The summed E-state index contributed by atoms with van der Waals surface area (Å²) >= 11 is 0. The summed E-state index contributed by atoms with van der Waals surface area (Å²) in [4.78, 5) is 13.5. The number of carbonyl (C=O) groups excluding carboxylic acids is 1. The molecule has 8 heteroatoms. The quantitative estimate of drug-likeness (QED) is 0.726.